The molecule has 4 aromatic rings. The zero-order valence-electron chi connectivity index (χ0n) is 16.7. The summed E-state index contributed by atoms with van der Waals surface area (Å²) < 4.78 is 42.8. The molecule has 0 bridgehead atoms. The smallest absolute Gasteiger partial charge is 0.255 e. The fraction of sp³-hybridized carbons (Fsp3) is 0.136. The molecule has 160 valence electrons. The molecule has 0 radical (unpaired) electrons. The minimum Gasteiger partial charge on any atom is -0.455 e. The van der Waals surface area contributed by atoms with Gasteiger partial charge in [-0.25, -0.2) is 12.8 Å². The molecule has 1 amide bonds. The second-order valence-corrected chi connectivity index (χ2v) is 10.1. The number of halogens is 1. The van der Waals surface area contributed by atoms with E-state index in [-0.39, 0.29) is 11.8 Å². The number of thiophene rings is 1. The Bertz CT molecular complexity index is 1360. The molecule has 4 rings (SSSR count). The van der Waals surface area contributed by atoms with Crippen molar-refractivity contribution in [2.24, 2.45) is 0 Å². The molecule has 6 nitrogen and oxygen atoms in total. The zero-order valence-corrected chi connectivity index (χ0v) is 18.4. The topological polar surface area (TPSA) is 88.4 Å². The molecule has 0 aliphatic heterocycles. The molecule has 0 saturated carbocycles. The number of fused-ring (bicyclic) bond motifs is 1. The normalized spacial score (nSPS) is 11.6. The second-order valence-electron chi connectivity index (χ2n) is 7.01. The summed E-state index contributed by atoms with van der Waals surface area (Å²) in [6, 6.07) is 13.0. The maximum atomic E-state index is 13.4. The first-order valence-electron chi connectivity index (χ1n) is 9.31. The van der Waals surface area contributed by atoms with E-state index >= 15 is 0 Å². The third kappa shape index (κ3) is 4.33. The van der Waals surface area contributed by atoms with E-state index in [1.807, 2.05) is 23.6 Å². The van der Waals surface area contributed by atoms with E-state index in [1.165, 1.54) is 30.5 Å². The summed E-state index contributed by atoms with van der Waals surface area (Å²) in [5, 5.41) is 8.08. The highest BCUT2D eigenvalue weighted by atomic mass is 32.2. The van der Waals surface area contributed by atoms with Gasteiger partial charge in [0, 0.05) is 46.4 Å². The average molecular weight is 459 g/mol. The number of carbonyl (C=O) groups excluding carboxylic acids is 1. The van der Waals surface area contributed by atoms with Crippen LogP contribution in [0.4, 0.5) is 10.1 Å². The lowest BCUT2D eigenvalue weighted by atomic mass is 10.0. The SMILES string of the molecule is CNC(=O)c1c(-c2ccc(F)cc2)oc2cc(NCS(C)(=O)=O)c(-c3cccs3)cc12. The van der Waals surface area contributed by atoms with E-state index in [1.54, 1.807) is 18.2 Å². The number of nitrogens with one attached hydrogen (secondary N) is 2. The summed E-state index contributed by atoms with van der Waals surface area (Å²) in [6.45, 7) is 0. The van der Waals surface area contributed by atoms with E-state index < -0.39 is 15.7 Å². The standard InChI is InChI=1S/C22H19FN2O4S2/c1-24-22(26)20-16-10-15(19-4-3-9-30-19)17(25-12-31(2,27)28)11-18(16)29-21(20)13-5-7-14(23)8-6-13/h3-11,25H,12H2,1-2H3,(H,24,26). The van der Waals surface area contributed by atoms with Crippen LogP contribution in [0.25, 0.3) is 32.7 Å². The van der Waals surface area contributed by atoms with Gasteiger partial charge in [0.05, 0.1) is 5.56 Å². The minimum atomic E-state index is -3.27. The van der Waals surface area contributed by atoms with Gasteiger partial charge in [0.25, 0.3) is 5.91 Å². The highest BCUT2D eigenvalue weighted by Gasteiger charge is 2.23. The summed E-state index contributed by atoms with van der Waals surface area (Å²) in [6.07, 6.45) is 1.15. The molecule has 0 atom stereocenters. The van der Waals surface area contributed by atoms with E-state index in [0.29, 0.717) is 33.5 Å². The Morgan fingerprint density at radius 2 is 1.90 bits per heavy atom. The summed E-state index contributed by atoms with van der Waals surface area (Å²) in [5.41, 5.74) is 2.62. The third-order valence-electron chi connectivity index (χ3n) is 4.70. The lowest BCUT2D eigenvalue weighted by Crippen LogP contribution is -2.18. The Kier molecular flexibility index (Phi) is 5.55. The number of furan rings is 1. The van der Waals surface area contributed by atoms with Crippen molar-refractivity contribution in [1.29, 1.82) is 0 Å². The summed E-state index contributed by atoms with van der Waals surface area (Å²) in [4.78, 5) is 13.7. The van der Waals surface area contributed by atoms with Gasteiger partial charge in [0.2, 0.25) is 0 Å². The van der Waals surface area contributed by atoms with Crippen molar-refractivity contribution in [1.82, 2.24) is 5.32 Å². The highest BCUT2D eigenvalue weighted by Crippen LogP contribution is 2.40. The minimum absolute atomic E-state index is 0.245. The van der Waals surface area contributed by atoms with E-state index in [2.05, 4.69) is 10.6 Å². The first-order chi connectivity index (χ1) is 14.8. The summed E-state index contributed by atoms with van der Waals surface area (Å²) in [5.74, 6) is -0.669. The molecule has 0 fully saturated rings. The van der Waals surface area contributed by atoms with Gasteiger partial charge in [-0.2, -0.15) is 0 Å². The van der Waals surface area contributed by atoms with Crippen molar-refractivity contribution in [3.8, 4) is 21.8 Å². The van der Waals surface area contributed by atoms with Crippen LogP contribution in [0.3, 0.4) is 0 Å². The average Bonchev–Trinajstić information content (AvgIpc) is 3.38. The number of amides is 1. The van der Waals surface area contributed by atoms with Crippen molar-refractivity contribution in [3.05, 3.63) is 65.3 Å². The van der Waals surface area contributed by atoms with Gasteiger partial charge in [-0.3, -0.25) is 4.79 Å². The molecular weight excluding hydrogens is 439 g/mol. The summed E-state index contributed by atoms with van der Waals surface area (Å²) in [7, 11) is -1.74. The zero-order chi connectivity index (χ0) is 22.2. The molecule has 0 unspecified atom stereocenters. The maximum absolute atomic E-state index is 13.4. The Balaban J connectivity index is 1.97. The van der Waals surface area contributed by atoms with Crippen molar-refractivity contribution < 1.29 is 22.0 Å². The van der Waals surface area contributed by atoms with Crippen LogP contribution in [0.15, 0.2) is 58.3 Å². The van der Waals surface area contributed by atoms with Crippen LogP contribution in [-0.2, 0) is 9.84 Å². The maximum Gasteiger partial charge on any atom is 0.255 e. The number of anilines is 1. The van der Waals surface area contributed by atoms with Crippen molar-refractivity contribution >= 4 is 43.7 Å². The molecule has 2 heterocycles. The Morgan fingerprint density at radius 1 is 1.16 bits per heavy atom. The van der Waals surface area contributed by atoms with Crippen LogP contribution in [-0.4, -0.2) is 33.5 Å². The number of hydrogen-bond acceptors (Lipinski definition) is 6. The molecule has 0 aliphatic carbocycles. The second kappa shape index (κ2) is 8.16. The van der Waals surface area contributed by atoms with E-state index in [9.17, 15) is 17.6 Å². The molecular formula is C22H19FN2O4S2. The molecule has 31 heavy (non-hydrogen) atoms. The lowest BCUT2D eigenvalue weighted by molar-refractivity contribution is 0.0964. The number of benzene rings is 2. The Morgan fingerprint density at radius 3 is 2.52 bits per heavy atom. The molecule has 0 spiro atoms. The van der Waals surface area contributed by atoms with Gasteiger partial charge in [-0.05, 0) is 41.8 Å². The quantitative estimate of drug-likeness (QED) is 0.436. The number of rotatable bonds is 6. The molecule has 9 heteroatoms. The predicted octanol–water partition coefficient (Wildman–Crippen LogP) is 4.74. The molecule has 2 aromatic heterocycles. The van der Waals surface area contributed by atoms with Crippen molar-refractivity contribution in [3.63, 3.8) is 0 Å². The number of sulfone groups is 1. The Labute approximate surface area is 182 Å². The first-order valence-corrected chi connectivity index (χ1v) is 12.2. The van der Waals surface area contributed by atoms with Crippen molar-refractivity contribution in [2.75, 3.05) is 24.5 Å². The fourth-order valence-electron chi connectivity index (χ4n) is 3.29. The van der Waals surface area contributed by atoms with Crippen LogP contribution in [0.2, 0.25) is 0 Å². The molecule has 0 saturated heterocycles. The van der Waals surface area contributed by atoms with E-state index in [4.69, 9.17) is 4.42 Å². The Hall–Kier alpha value is -3.17. The highest BCUT2D eigenvalue weighted by molar-refractivity contribution is 7.90. The monoisotopic (exact) mass is 458 g/mol. The summed E-state index contributed by atoms with van der Waals surface area (Å²) >= 11 is 1.49. The predicted molar refractivity (Wildman–Crippen MR) is 122 cm³/mol. The molecule has 2 N–H and O–H groups in total. The van der Waals surface area contributed by atoms with Gasteiger partial charge in [-0.15, -0.1) is 11.3 Å². The first kappa shape index (κ1) is 21.1. The van der Waals surface area contributed by atoms with Crippen LogP contribution in [0.5, 0.6) is 0 Å². The van der Waals surface area contributed by atoms with Crippen LogP contribution in [0, 0.1) is 5.82 Å². The van der Waals surface area contributed by atoms with E-state index in [0.717, 1.165) is 16.7 Å². The van der Waals surface area contributed by atoms with Crippen LogP contribution >= 0.6 is 11.3 Å². The fourth-order valence-corrected chi connectivity index (χ4v) is 4.46. The van der Waals surface area contributed by atoms with Crippen LogP contribution < -0.4 is 10.6 Å². The van der Waals surface area contributed by atoms with Gasteiger partial charge < -0.3 is 15.1 Å². The lowest BCUT2D eigenvalue weighted by Gasteiger charge is -2.11. The van der Waals surface area contributed by atoms with Crippen molar-refractivity contribution in [2.45, 2.75) is 0 Å². The van der Waals surface area contributed by atoms with Gasteiger partial charge >= 0.3 is 0 Å². The molecule has 0 aliphatic rings. The van der Waals surface area contributed by atoms with Gasteiger partial charge in [0.1, 0.15) is 23.0 Å². The molecule has 2 aromatic carbocycles. The number of carbonyl (C=O) groups is 1. The largest absolute Gasteiger partial charge is 0.455 e. The number of hydrogen-bond donors (Lipinski definition) is 2. The third-order valence-corrected chi connectivity index (χ3v) is 6.27. The van der Waals surface area contributed by atoms with Crippen LogP contribution in [0.1, 0.15) is 10.4 Å². The van der Waals surface area contributed by atoms with Gasteiger partial charge in [0.15, 0.2) is 9.84 Å². The van der Waals surface area contributed by atoms with Gasteiger partial charge in [-0.1, -0.05) is 6.07 Å².